The second-order valence-corrected chi connectivity index (χ2v) is 8.10. The number of hydrogen-bond acceptors (Lipinski definition) is 5. The Hall–Kier alpha value is -2.29. The maximum atomic E-state index is 12.9. The van der Waals surface area contributed by atoms with Crippen LogP contribution in [0.5, 0.6) is 5.75 Å². The minimum Gasteiger partial charge on any atom is -0.495 e. The zero-order valence-electron chi connectivity index (χ0n) is 14.0. The van der Waals surface area contributed by atoms with Crippen molar-refractivity contribution in [2.45, 2.75) is 17.7 Å². The van der Waals surface area contributed by atoms with E-state index >= 15 is 0 Å². The van der Waals surface area contributed by atoms with Gasteiger partial charge in [0.15, 0.2) is 0 Å². The van der Waals surface area contributed by atoms with Crippen molar-refractivity contribution in [2.24, 2.45) is 0 Å². The lowest BCUT2D eigenvalue weighted by Gasteiger charge is -2.18. The van der Waals surface area contributed by atoms with Gasteiger partial charge in [-0.2, -0.15) is 0 Å². The highest BCUT2D eigenvalue weighted by atomic mass is 35.5. The number of ether oxygens (including phenoxy) is 1. The molecule has 0 spiro atoms. The standard InChI is InChI=1S/C17H14Cl2N2O5S/c1-26-13-6-5-10(21-15(22)7-8-16(21)23)9-14(13)27(24,25)20-12-4-2-3-11(18)17(12)19/h2-6,9,20H,7-8H2,1H3. The summed E-state index contributed by atoms with van der Waals surface area (Å²) in [6.45, 7) is 0. The van der Waals surface area contributed by atoms with Crippen LogP contribution in [0.25, 0.3) is 0 Å². The van der Waals surface area contributed by atoms with Gasteiger partial charge in [-0.05, 0) is 30.3 Å². The summed E-state index contributed by atoms with van der Waals surface area (Å²) in [5, 5.41) is 0.230. The minimum atomic E-state index is -4.15. The molecule has 0 unspecified atom stereocenters. The van der Waals surface area contributed by atoms with E-state index in [-0.39, 0.29) is 56.7 Å². The third kappa shape index (κ3) is 3.73. The molecule has 27 heavy (non-hydrogen) atoms. The number of nitrogens with one attached hydrogen (secondary N) is 1. The fourth-order valence-corrected chi connectivity index (χ4v) is 4.33. The third-order valence-electron chi connectivity index (χ3n) is 3.94. The van der Waals surface area contributed by atoms with Crippen molar-refractivity contribution in [3.8, 4) is 5.75 Å². The van der Waals surface area contributed by atoms with Crippen LogP contribution in [0.2, 0.25) is 10.0 Å². The van der Waals surface area contributed by atoms with Crippen LogP contribution in [0.4, 0.5) is 11.4 Å². The molecule has 0 aromatic heterocycles. The molecule has 0 bridgehead atoms. The second kappa shape index (κ2) is 7.38. The molecule has 0 atom stereocenters. The molecule has 1 N–H and O–H groups in total. The molecule has 0 aliphatic carbocycles. The van der Waals surface area contributed by atoms with Gasteiger partial charge in [-0.3, -0.25) is 19.2 Å². The molecule has 0 saturated carbocycles. The molecular formula is C17H14Cl2N2O5S. The number of halogens is 2. The molecule has 1 heterocycles. The SMILES string of the molecule is COc1ccc(N2C(=O)CCC2=O)cc1S(=O)(=O)Nc1cccc(Cl)c1Cl. The number of rotatable bonds is 5. The lowest BCUT2D eigenvalue weighted by atomic mass is 10.2. The van der Waals surface area contributed by atoms with E-state index in [0.717, 1.165) is 4.90 Å². The van der Waals surface area contributed by atoms with E-state index in [0.29, 0.717) is 0 Å². The Kier molecular flexibility index (Phi) is 5.32. The summed E-state index contributed by atoms with van der Waals surface area (Å²) in [6, 6.07) is 8.55. The van der Waals surface area contributed by atoms with E-state index in [1.165, 1.54) is 37.4 Å². The number of anilines is 2. The van der Waals surface area contributed by atoms with Gasteiger partial charge < -0.3 is 4.74 Å². The highest BCUT2D eigenvalue weighted by Crippen LogP contribution is 2.35. The fraction of sp³-hybridized carbons (Fsp3) is 0.176. The summed E-state index contributed by atoms with van der Waals surface area (Å²) in [5.41, 5.74) is 0.241. The Morgan fingerprint density at radius 2 is 1.74 bits per heavy atom. The van der Waals surface area contributed by atoms with Crippen molar-refractivity contribution >= 4 is 56.4 Å². The van der Waals surface area contributed by atoms with Crippen molar-refractivity contribution < 1.29 is 22.7 Å². The van der Waals surface area contributed by atoms with Gasteiger partial charge in [-0.25, -0.2) is 8.42 Å². The van der Waals surface area contributed by atoms with E-state index < -0.39 is 10.0 Å². The van der Waals surface area contributed by atoms with Crippen molar-refractivity contribution in [2.75, 3.05) is 16.7 Å². The molecule has 142 valence electrons. The predicted molar refractivity (Wildman–Crippen MR) is 102 cm³/mol. The van der Waals surface area contributed by atoms with Crippen LogP contribution in [-0.2, 0) is 19.6 Å². The first-order valence-electron chi connectivity index (χ1n) is 7.75. The fourth-order valence-electron chi connectivity index (χ4n) is 2.66. The number of methoxy groups -OCH3 is 1. The lowest BCUT2D eigenvalue weighted by Crippen LogP contribution is -2.28. The number of imide groups is 1. The van der Waals surface area contributed by atoms with Crippen LogP contribution < -0.4 is 14.4 Å². The molecule has 1 saturated heterocycles. The van der Waals surface area contributed by atoms with Gasteiger partial charge in [0.25, 0.3) is 10.0 Å². The molecule has 1 aliphatic rings. The van der Waals surface area contributed by atoms with E-state index in [1.54, 1.807) is 6.07 Å². The van der Waals surface area contributed by atoms with E-state index in [4.69, 9.17) is 27.9 Å². The molecular weight excluding hydrogens is 415 g/mol. The number of hydrogen-bond donors (Lipinski definition) is 1. The van der Waals surface area contributed by atoms with Crippen LogP contribution in [-0.4, -0.2) is 27.3 Å². The molecule has 10 heteroatoms. The first kappa shape index (κ1) is 19.5. The van der Waals surface area contributed by atoms with Crippen LogP contribution in [0.1, 0.15) is 12.8 Å². The maximum absolute atomic E-state index is 12.9. The van der Waals surface area contributed by atoms with Gasteiger partial charge in [-0.15, -0.1) is 0 Å². The largest absolute Gasteiger partial charge is 0.495 e. The Morgan fingerprint density at radius 3 is 2.37 bits per heavy atom. The average Bonchev–Trinajstić information content (AvgIpc) is 2.97. The number of carbonyl (C=O) groups excluding carboxylic acids is 2. The Bertz CT molecular complexity index is 1020. The number of sulfonamides is 1. The van der Waals surface area contributed by atoms with Gasteiger partial charge >= 0.3 is 0 Å². The average molecular weight is 429 g/mol. The number of carbonyl (C=O) groups is 2. The normalized spacial score (nSPS) is 14.6. The Balaban J connectivity index is 2.06. The summed E-state index contributed by atoms with van der Waals surface area (Å²) in [4.78, 5) is 24.6. The van der Waals surface area contributed by atoms with E-state index in [2.05, 4.69) is 4.72 Å². The smallest absolute Gasteiger partial charge is 0.265 e. The topological polar surface area (TPSA) is 92.8 Å². The van der Waals surface area contributed by atoms with Gasteiger partial charge in [0.1, 0.15) is 10.6 Å². The van der Waals surface area contributed by atoms with Gasteiger partial charge in [-0.1, -0.05) is 29.3 Å². The number of amides is 2. The summed E-state index contributed by atoms with van der Waals surface area (Å²) in [5.74, 6) is -0.734. The molecule has 2 aromatic rings. The van der Waals surface area contributed by atoms with E-state index in [9.17, 15) is 18.0 Å². The Labute approximate surface area is 165 Å². The summed E-state index contributed by atoms with van der Waals surface area (Å²) < 4.78 is 33.3. The van der Waals surface area contributed by atoms with Crippen molar-refractivity contribution in [1.29, 1.82) is 0 Å². The monoisotopic (exact) mass is 428 g/mol. The van der Waals surface area contributed by atoms with Crippen LogP contribution in [0, 0.1) is 0 Å². The number of benzene rings is 2. The van der Waals surface area contributed by atoms with Gasteiger partial charge in [0.05, 0.1) is 28.5 Å². The zero-order valence-corrected chi connectivity index (χ0v) is 16.4. The maximum Gasteiger partial charge on any atom is 0.265 e. The minimum absolute atomic E-state index is 0.0442. The predicted octanol–water partition coefficient (Wildman–Crippen LogP) is 3.46. The quantitative estimate of drug-likeness (QED) is 0.735. The van der Waals surface area contributed by atoms with Crippen molar-refractivity contribution in [1.82, 2.24) is 0 Å². The molecule has 2 amide bonds. The first-order chi connectivity index (χ1) is 12.7. The second-order valence-electron chi connectivity index (χ2n) is 5.66. The summed E-state index contributed by atoms with van der Waals surface area (Å²) >= 11 is 12.0. The summed E-state index contributed by atoms with van der Waals surface area (Å²) in [7, 11) is -2.84. The Morgan fingerprint density at radius 1 is 1.07 bits per heavy atom. The highest BCUT2D eigenvalue weighted by molar-refractivity contribution is 7.92. The molecule has 1 fully saturated rings. The van der Waals surface area contributed by atoms with Crippen LogP contribution in [0.15, 0.2) is 41.3 Å². The molecule has 1 aliphatic heterocycles. The molecule has 2 aromatic carbocycles. The van der Waals surface area contributed by atoms with Crippen molar-refractivity contribution in [3.05, 3.63) is 46.4 Å². The number of nitrogens with zero attached hydrogens (tertiary/aromatic N) is 1. The zero-order chi connectivity index (χ0) is 19.8. The molecule has 0 radical (unpaired) electrons. The lowest BCUT2D eigenvalue weighted by molar-refractivity contribution is -0.121. The first-order valence-corrected chi connectivity index (χ1v) is 9.99. The van der Waals surface area contributed by atoms with Crippen molar-refractivity contribution in [3.63, 3.8) is 0 Å². The highest BCUT2D eigenvalue weighted by Gasteiger charge is 2.32. The summed E-state index contributed by atoms with van der Waals surface area (Å²) in [6.07, 6.45) is 0.173. The van der Waals surface area contributed by atoms with Crippen LogP contribution in [0.3, 0.4) is 0 Å². The van der Waals surface area contributed by atoms with Gasteiger partial charge in [0, 0.05) is 12.8 Å². The van der Waals surface area contributed by atoms with Crippen LogP contribution >= 0.6 is 23.2 Å². The molecule has 7 nitrogen and oxygen atoms in total. The molecule has 3 rings (SSSR count). The van der Waals surface area contributed by atoms with Gasteiger partial charge in [0.2, 0.25) is 11.8 Å². The third-order valence-corrected chi connectivity index (χ3v) is 6.15. The van der Waals surface area contributed by atoms with E-state index in [1.807, 2.05) is 0 Å².